The largest absolute Gasteiger partial charge is 0.489 e. The maximum atomic E-state index is 12.0. The molecule has 0 spiro atoms. The van der Waals surface area contributed by atoms with Crippen LogP contribution >= 0.6 is 0 Å². The number of anilines is 1. The summed E-state index contributed by atoms with van der Waals surface area (Å²) in [6.45, 7) is 12.6. The number of benzene rings is 2. The molecule has 2 aromatic rings. The average Bonchev–Trinajstić information content (AvgIpc) is 2.59. The van der Waals surface area contributed by atoms with Crippen molar-refractivity contribution in [2.75, 3.05) is 18.5 Å². The minimum atomic E-state index is -0.208. The van der Waals surface area contributed by atoms with Crippen molar-refractivity contribution in [1.29, 1.82) is 0 Å². The van der Waals surface area contributed by atoms with Crippen molar-refractivity contribution in [3.05, 3.63) is 66.2 Å². The van der Waals surface area contributed by atoms with Crippen molar-refractivity contribution < 1.29 is 14.3 Å². The fourth-order valence-electron chi connectivity index (χ4n) is 2.24. The molecule has 138 valence electrons. The van der Waals surface area contributed by atoms with Gasteiger partial charge in [-0.3, -0.25) is 4.79 Å². The van der Waals surface area contributed by atoms with E-state index in [-0.39, 0.29) is 17.9 Å². The number of hydrogen-bond acceptors (Lipinski definition) is 3. The van der Waals surface area contributed by atoms with E-state index >= 15 is 0 Å². The Hall–Kier alpha value is -2.75. The Morgan fingerprint density at radius 2 is 1.42 bits per heavy atom. The van der Waals surface area contributed by atoms with E-state index in [1.807, 2.05) is 43.3 Å². The van der Waals surface area contributed by atoms with Crippen LogP contribution in [0.15, 0.2) is 60.7 Å². The lowest BCUT2D eigenvalue weighted by atomic mass is 9.87. The molecule has 4 nitrogen and oxygen atoms in total. The third-order valence-corrected chi connectivity index (χ3v) is 3.71. The maximum Gasteiger partial charge on any atom is 0.262 e. The predicted molar refractivity (Wildman–Crippen MR) is 106 cm³/mol. The summed E-state index contributed by atoms with van der Waals surface area (Å²) in [5, 5.41) is 2.80. The van der Waals surface area contributed by atoms with Crippen molar-refractivity contribution in [3.8, 4) is 11.5 Å². The van der Waals surface area contributed by atoms with Gasteiger partial charge < -0.3 is 14.8 Å². The number of nitrogens with one attached hydrogen (secondary N) is 1. The van der Waals surface area contributed by atoms with Crippen LogP contribution < -0.4 is 14.8 Å². The van der Waals surface area contributed by atoms with Crippen LogP contribution in [0, 0.1) is 0 Å². The van der Waals surface area contributed by atoms with Crippen LogP contribution in [0.2, 0.25) is 0 Å². The van der Waals surface area contributed by atoms with E-state index in [1.54, 1.807) is 12.1 Å². The zero-order valence-corrected chi connectivity index (χ0v) is 16.0. The lowest BCUT2D eigenvalue weighted by Gasteiger charge is -2.19. The normalized spacial score (nSPS) is 10.9. The molecule has 0 aliphatic heterocycles. The summed E-state index contributed by atoms with van der Waals surface area (Å²) >= 11 is 0. The van der Waals surface area contributed by atoms with Gasteiger partial charge in [0.05, 0.1) is 0 Å². The van der Waals surface area contributed by atoms with Crippen molar-refractivity contribution in [2.45, 2.75) is 33.1 Å². The summed E-state index contributed by atoms with van der Waals surface area (Å²) in [5.41, 5.74) is 2.97. The second-order valence-electron chi connectivity index (χ2n) is 7.38. The summed E-state index contributed by atoms with van der Waals surface area (Å²) in [6, 6.07) is 15.0. The van der Waals surface area contributed by atoms with E-state index in [0.717, 1.165) is 11.3 Å². The van der Waals surface area contributed by atoms with E-state index in [0.29, 0.717) is 18.0 Å². The van der Waals surface area contributed by atoms with Crippen molar-refractivity contribution in [1.82, 2.24) is 0 Å². The number of hydrogen-bond donors (Lipinski definition) is 1. The molecule has 0 aliphatic carbocycles. The molecular weight excluding hydrogens is 326 g/mol. The third kappa shape index (κ3) is 6.28. The molecule has 1 amide bonds. The van der Waals surface area contributed by atoms with E-state index in [4.69, 9.17) is 9.47 Å². The van der Waals surface area contributed by atoms with E-state index in [1.165, 1.54) is 5.56 Å². The molecular formula is C22H27NO3. The van der Waals surface area contributed by atoms with Gasteiger partial charge in [-0.2, -0.15) is 0 Å². The molecule has 1 N–H and O–H groups in total. The molecule has 0 fully saturated rings. The minimum Gasteiger partial charge on any atom is -0.489 e. The molecule has 2 rings (SSSR count). The summed E-state index contributed by atoms with van der Waals surface area (Å²) in [4.78, 5) is 12.0. The molecule has 0 aliphatic rings. The van der Waals surface area contributed by atoms with Gasteiger partial charge in [0, 0.05) is 5.69 Å². The van der Waals surface area contributed by atoms with Crippen LogP contribution in [0.4, 0.5) is 5.69 Å². The molecule has 0 radical (unpaired) electrons. The first kappa shape index (κ1) is 19.6. The SMILES string of the molecule is C=C(C)COc1ccc(NC(=O)COc2ccc(C(C)(C)C)cc2)cc1. The summed E-state index contributed by atoms with van der Waals surface area (Å²) in [6.07, 6.45) is 0. The van der Waals surface area contributed by atoms with Crippen molar-refractivity contribution in [3.63, 3.8) is 0 Å². The van der Waals surface area contributed by atoms with Gasteiger partial charge in [0.1, 0.15) is 18.1 Å². The standard InChI is InChI=1S/C22H27NO3/c1-16(2)14-25-20-12-8-18(9-13-20)23-21(24)15-26-19-10-6-17(7-11-19)22(3,4)5/h6-13H,1,14-15H2,2-5H3,(H,23,24). The highest BCUT2D eigenvalue weighted by Gasteiger charge is 2.13. The van der Waals surface area contributed by atoms with E-state index < -0.39 is 0 Å². The molecule has 0 aromatic heterocycles. The van der Waals surface area contributed by atoms with Crippen LogP contribution in [0.3, 0.4) is 0 Å². The third-order valence-electron chi connectivity index (χ3n) is 3.71. The van der Waals surface area contributed by atoms with Crippen LogP contribution in [-0.4, -0.2) is 19.1 Å². The summed E-state index contributed by atoms with van der Waals surface area (Å²) in [5.74, 6) is 1.21. The molecule has 2 aromatic carbocycles. The summed E-state index contributed by atoms with van der Waals surface area (Å²) in [7, 11) is 0. The highest BCUT2D eigenvalue weighted by atomic mass is 16.5. The zero-order valence-electron chi connectivity index (χ0n) is 16.0. The van der Waals surface area contributed by atoms with Gasteiger partial charge in [-0.1, -0.05) is 39.5 Å². The monoisotopic (exact) mass is 353 g/mol. The van der Waals surface area contributed by atoms with Crippen LogP contribution in [0.1, 0.15) is 33.3 Å². The highest BCUT2D eigenvalue weighted by molar-refractivity contribution is 5.91. The Kier molecular flexibility index (Phi) is 6.45. The van der Waals surface area contributed by atoms with E-state index in [2.05, 4.69) is 32.7 Å². The predicted octanol–water partition coefficient (Wildman–Crippen LogP) is 4.96. The van der Waals surface area contributed by atoms with Gasteiger partial charge >= 0.3 is 0 Å². The number of ether oxygens (including phenoxy) is 2. The molecule has 0 heterocycles. The second-order valence-corrected chi connectivity index (χ2v) is 7.38. The first-order chi connectivity index (χ1) is 12.2. The van der Waals surface area contributed by atoms with Crippen LogP contribution in [0.5, 0.6) is 11.5 Å². The van der Waals surface area contributed by atoms with Gasteiger partial charge in [0.15, 0.2) is 6.61 Å². The Labute approximate surface area is 155 Å². The molecule has 0 atom stereocenters. The highest BCUT2D eigenvalue weighted by Crippen LogP contribution is 2.24. The Morgan fingerprint density at radius 3 is 1.92 bits per heavy atom. The second kappa shape index (κ2) is 8.56. The van der Waals surface area contributed by atoms with Crippen LogP contribution in [-0.2, 0) is 10.2 Å². The smallest absolute Gasteiger partial charge is 0.262 e. The van der Waals surface area contributed by atoms with Gasteiger partial charge in [-0.05, 0) is 59.9 Å². The number of rotatable bonds is 7. The quantitative estimate of drug-likeness (QED) is 0.716. The molecule has 0 saturated heterocycles. The van der Waals surface area contributed by atoms with Gasteiger partial charge in [0.25, 0.3) is 5.91 Å². The topological polar surface area (TPSA) is 47.6 Å². The van der Waals surface area contributed by atoms with Gasteiger partial charge in [-0.25, -0.2) is 0 Å². The fraction of sp³-hybridized carbons (Fsp3) is 0.318. The minimum absolute atomic E-state index is 0.0389. The number of carbonyl (C=O) groups excluding carboxylic acids is 1. The molecule has 4 heteroatoms. The van der Waals surface area contributed by atoms with Crippen LogP contribution in [0.25, 0.3) is 0 Å². The van der Waals surface area contributed by atoms with E-state index in [9.17, 15) is 4.79 Å². The lowest BCUT2D eigenvalue weighted by Crippen LogP contribution is -2.20. The molecule has 0 unspecified atom stereocenters. The van der Waals surface area contributed by atoms with Crippen molar-refractivity contribution >= 4 is 11.6 Å². The molecule has 26 heavy (non-hydrogen) atoms. The number of amides is 1. The Bertz CT molecular complexity index is 740. The Morgan fingerprint density at radius 1 is 0.923 bits per heavy atom. The van der Waals surface area contributed by atoms with Gasteiger partial charge in [0.2, 0.25) is 0 Å². The zero-order chi connectivity index (χ0) is 19.2. The fourth-order valence-corrected chi connectivity index (χ4v) is 2.24. The average molecular weight is 353 g/mol. The first-order valence-corrected chi connectivity index (χ1v) is 8.64. The first-order valence-electron chi connectivity index (χ1n) is 8.64. The number of carbonyl (C=O) groups is 1. The lowest BCUT2D eigenvalue weighted by molar-refractivity contribution is -0.118. The molecule has 0 bridgehead atoms. The Balaban J connectivity index is 1.82. The molecule has 0 saturated carbocycles. The van der Waals surface area contributed by atoms with Crippen molar-refractivity contribution in [2.24, 2.45) is 0 Å². The van der Waals surface area contributed by atoms with Gasteiger partial charge in [-0.15, -0.1) is 0 Å². The summed E-state index contributed by atoms with van der Waals surface area (Å²) < 4.78 is 11.1. The maximum absolute atomic E-state index is 12.0.